The molecule has 4 rings (SSSR count). The molecule has 0 unspecified atom stereocenters. The number of hydrogen-bond acceptors (Lipinski definition) is 5. The van der Waals surface area contributed by atoms with Crippen LogP contribution in [-0.2, 0) is 29.4 Å². The molecule has 2 heterocycles. The fourth-order valence-electron chi connectivity index (χ4n) is 3.77. The number of pyridine rings is 1. The average Bonchev–Trinajstić information content (AvgIpc) is 3.13. The van der Waals surface area contributed by atoms with Gasteiger partial charge in [-0.25, -0.2) is 13.1 Å². The molecule has 7 nitrogen and oxygen atoms in total. The summed E-state index contributed by atoms with van der Waals surface area (Å²) in [4.78, 5) is 4.59. The van der Waals surface area contributed by atoms with Crippen molar-refractivity contribution in [2.24, 2.45) is 0 Å². The molecule has 1 N–H and O–H groups in total. The van der Waals surface area contributed by atoms with Crippen LogP contribution in [0.3, 0.4) is 0 Å². The Morgan fingerprint density at radius 1 is 1.10 bits per heavy atom. The summed E-state index contributed by atoms with van der Waals surface area (Å²) in [5.74, 6) is 0.328. The van der Waals surface area contributed by atoms with Crippen LogP contribution in [0.2, 0.25) is 0 Å². The van der Waals surface area contributed by atoms with E-state index in [-0.39, 0.29) is 11.4 Å². The molecule has 1 aliphatic carbocycles. The zero-order chi connectivity index (χ0) is 20.3. The van der Waals surface area contributed by atoms with Gasteiger partial charge in [-0.3, -0.25) is 9.67 Å². The Kier molecular flexibility index (Phi) is 5.64. The highest BCUT2D eigenvalue weighted by Crippen LogP contribution is 2.30. The number of nitrogens with zero attached hydrogens (tertiary/aromatic N) is 3. The van der Waals surface area contributed by atoms with Gasteiger partial charge in [-0.15, -0.1) is 0 Å². The molecular formula is C21H24N4O3S. The first-order chi connectivity index (χ1) is 14.1. The summed E-state index contributed by atoms with van der Waals surface area (Å²) in [7, 11) is -2.21. The minimum Gasteiger partial charge on any atom is -0.495 e. The Morgan fingerprint density at radius 2 is 1.90 bits per heavy atom. The van der Waals surface area contributed by atoms with Gasteiger partial charge in [0.05, 0.1) is 19.3 Å². The summed E-state index contributed by atoms with van der Waals surface area (Å²) in [6.45, 7) is 0.708. The van der Waals surface area contributed by atoms with E-state index < -0.39 is 10.0 Å². The second-order valence-electron chi connectivity index (χ2n) is 6.97. The first-order valence-corrected chi connectivity index (χ1v) is 11.2. The van der Waals surface area contributed by atoms with Crippen molar-refractivity contribution in [3.05, 3.63) is 59.9 Å². The fraction of sp³-hybridized carbons (Fsp3) is 0.333. The molecule has 3 aromatic rings. The van der Waals surface area contributed by atoms with Crippen LogP contribution in [0.4, 0.5) is 0 Å². The standard InChI is InChI=1S/C21H24N4O3S/c1-28-19-11-4-5-12-20(19)29(26,27)23-14-15-25-18-10-3-2-8-16(18)21(24-25)17-9-6-7-13-22-17/h4-7,9,11-13,23H,2-3,8,10,14-15H2,1H3. The first-order valence-electron chi connectivity index (χ1n) is 9.73. The normalized spacial score (nSPS) is 13.8. The Balaban J connectivity index is 1.54. The molecular weight excluding hydrogens is 388 g/mol. The Bertz CT molecular complexity index is 1090. The van der Waals surface area contributed by atoms with Crippen molar-refractivity contribution in [2.75, 3.05) is 13.7 Å². The SMILES string of the molecule is COc1ccccc1S(=O)(=O)NCCn1nc(-c2ccccn2)c2c1CCCC2. The van der Waals surface area contributed by atoms with E-state index in [1.54, 1.807) is 24.4 Å². The lowest BCUT2D eigenvalue weighted by atomic mass is 9.95. The number of para-hydroxylation sites is 1. The lowest BCUT2D eigenvalue weighted by molar-refractivity contribution is 0.402. The molecule has 0 atom stereocenters. The van der Waals surface area contributed by atoms with E-state index in [1.807, 2.05) is 22.9 Å². The summed E-state index contributed by atoms with van der Waals surface area (Å²) in [6.07, 6.45) is 5.96. The van der Waals surface area contributed by atoms with Gasteiger partial charge >= 0.3 is 0 Å². The van der Waals surface area contributed by atoms with Crippen LogP contribution in [0.15, 0.2) is 53.6 Å². The van der Waals surface area contributed by atoms with Crippen molar-refractivity contribution in [1.82, 2.24) is 19.5 Å². The number of fused-ring (bicyclic) bond motifs is 1. The van der Waals surface area contributed by atoms with Crippen molar-refractivity contribution < 1.29 is 13.2 Å². The molecule has 1 aromatic carbocycles. The second-order valence-corrected chi connectivity index (χ2v) is 8.70. The summed E-state index contributed by atoms with van der Waals surface area (Å²) in [5, 5.41) is 4.78. The maximum atomic E-state index is 12.7. The molecule has 0 spiro atoms. The number of nitrogens with one attached hydrogen (secondary N) is 1. The van der Waals surface area contributed by atoms with E-state index >= 15 is 0 Å². The molecule has 29 heavy (non-hydrogen) atoms. The van der Waals surface area contributed by atoms with Gasteiger partial charge in [0.25, 0.3) is 0 Å². The second kappa shape index (κ2) is 8.34. The number of sulfonamides is 1. The van der Waals surface area contributed by atoms with Crippen molar-refractivity contribution >= 4 is 10.0 Å². The Morgan fingerprint density at radius 3 is 2.69 bits per heavy atom. The van der Waals surface area contributed by atoms with E-state index in [0.29, 0.717) is 12.3 Å². The van der Waals surface area contributed by atoms with Gasteiger partial charge in [0.1, 0.15) is 16.3 Å². The fourth-order valence-corrected chi connectivity index (χ4v) is 4.96. The Labute approximate surface area is 170 Å². The zero-order valence-corrected chi connectivity index (χ0v) is 17.2. The average molecular weight is 413 g/mol. The highest BCUT2D eigenvalue weighted by molar-refractivity contribution is 7.89. The predicted molar refractivity (Wildman–Crippen MR) is 110 cm³/mol. The van der Waals surface area contributed by atoms with Crippen LogP contribution in [0.25, 0.3) is 11.4 Å². The first kappa shape index (κ1) is 19.6. The molecule has 1 aliphatic rings. The van der Waals surface area contributed by atoms with E-state index in [2.05, 4.69) is 9.71 Å². The number of aromatic nitrogens is 3. The van der Waals surface area contributed by atoms with Gasteiger partial charge < -0.3 is 4.74 Å². The van der Waals surface area contributed by atoms with Gasteiger partial charge in [-0.1, -0.05) is 18.2 Å². The number of ether oxygens (including phenoxy) is 1. The summed E-state index contributed by atoms with van der Waals surface area (Å²) in [5.41, 5.74) is 4.20. The molecule has 8 heteroatoms. The molecule has 0 bridgehead atoms. The van der Waals surface area contributed by atoms with E-state index in [0.717, 1.165) is 37.1 Å². The zero-order valence-electron chi connectivity index (χ0n) is 16.3. The molecule has 0 amide bonds. The van der Waals surface area contributed by atoms with Gasteiger partial charge in [0, 0.05) is 24.0 Å². The molecule has 0 aliphatic heterocycles. The lowest BCUT2D eigenvalue weighted by Crippen LogP contribution is -2.28. The maximum Gasteiger partial charge on any atom is 0.244 e. The molecule has 152 valence electrons. The number of rotatable bonds is 7. The largest absolute Gasteiger partial charge is 0.495 e. The summed E-state index contributed by atoms with van der Waals surface area (Å²) < 4.78 is 35.2. The lowest BCUT2D eigenvalue weighted by Gasteiger charge is -2.15. The van der Waals surface area contributed by atoms with Crippen molar-refractivity contribution in [3.8, 4) is 17.1 Å². The molecule has 0 saturated heterocycles. The van der Waals surface area contributed by atoms with Gasteiger partial charge in [-0.05, 0) is 49.9 Å². The van der Waals surface area contributed by atoms with Crippen LogP contribution in [0.1, 0.15) is 24.1 Å². The predicted octanol–water partition coefficient (Wildman–Crippen LogP) is 2.81. The van der Waals surface area contributed by atoms with Crippen LogP contribution in [0, 0.1) is 0 Å². The third-order valence-electron chi connectivity index (χ3n) is 5.14. The van der Waals surface area contributed by atoms with Gasteiger partial charge in [-0.2, -0.15) is 5.10 Å². The summed E-state index contributed by atoms with van der Waals surface area (Å²) >= 11 is 0. The van der Waals surface area contributed by atoms with Crippen molar-refractivity contribution in [2.45, 2.75) is 37.1 Å². The Hall–Kier alpha value is -2.71. The highest BCUT2D eigenvalue weighted by Gasteiger charge is 2.23. The van der Waals surface area contributed by atoms with E-state index in [4.69, 9.17) is 9.84 Å². The third kappa shape index (κ3) is 4.04. The smallest absolute Gasteiger partial charge is 0.244 e. The van der Waals surface area contributed by atoms with Crippen LogP contribution >= 0.6 is 0 Å². The molecule has 2 aromatic heterocycles. The van der Waals surface area contributed by atoms with Crippen molar-refractivity contribution in [1.29, 1.82) is 0 Å². The molecule has 0 radical (unpaired) electrons. The van der Waals surface area contributed by atoms with E-state index in [1.165, 1.54) is 24.4 Å². The quantitative estimate of drug-likeness (QED) is 0.645. The minimum absolute atomic E-state index is 0.138. The van der Waals surface area contributed by atoms with Gasteiger partial charge in [0.15, 0.2) is 0 Å². The maximum absolute atomic E-state index is 12.7. The highest BCUT2D eigenvalue weighted by atomic mass is 32.2. The molecule has 0 saturated carbocycles. The topological polar surface area (TPSA) is 86.1 Å². The number of benzene rings is 1. The number of methoxy groups -OCH3 is 1. The van der Waals surface area contributed by atoms with Gasteiger partial charge in [0.2, 0.25) is 10.0 Å². The summed E-state index contributed by atoms with van der Waals surface area (Å²) in [6, 6.07) is 12.4. The molecule has 0 fully saturated rings. The van der Waals surface area contributed by atoms with Crippen molar-refractivity contribution in [3.63, 3.8) is 0 Å². The van der Waals surface area contributed by atoms with Crippen LogP contribution < -0.4 is 9.46 Å². The van der Waals surface area contributed by atoms with E-state index in [9.17, 15) is 8.42 Å². The minimum atomic E-state index is -3.67. The number of hydrogen-bond donors (Lipinski definition) is 1. The third-order valence-corrected chi connectivity index (χ3v) is 6.64. The monoisotopic (exact) mass is 412 g/mol. The van der Waals surface area contributed by atoms with Crippen LogP contribution in [-0.4, -0.2) is 36.8 Å². The van der Waals surface area contributed by atoms with Crippen LogP contribution in [0.5, 0.6) is 5.75 Å².